The highest BCUT2D eigenvalue weighted by Crippen LogP contribution is 2.30. The van der Waals surface area contributed by atoms with Crippen LogP contribution in [0.15, 0.2) is 53.4 Å². The quantitative estimate of drug-likeness (QED) is 0.564. The van der Waals surface area contributed by atoms with E-state index in [0.717, 1.165) is 22.5 Å². The Balaban J connectivity index is 2.33. The summed E-state index contributed by atoms with van der Waals surface area (Å²) >= 11 is 5.88. The van der Waals surface area contributed by atoms with Gasteiger partial charge in [0.1, 0.15) is 5.75 Å². The van der Waals surface area contributed by atoms with Gasteiger partial charge in [0.05, 0.1) is 23.4 Å². The van der Waals surface area contributed by atoms with E-state index in [1.807, 2.05) is 0 Å². The van der Waals surface area contributed by atoms with E-state index in [9.17, 15) is 22.0 Å². The number of carbonyl (C=O) groups is 1. The van der Waals surface area contributed by atoms with Gasteiger partial charge < -0.3 is 9.47 Å². The fourth-order valence-corrected chi connectivity index (χ4v) is 4.12. The molecule has 0 aromatic heterocycles. The Hall–Kier alpha value is -2.23. The van der Waals surface area contributed by atoms with E-state index in [1.54, 1.807) is 30.3 Å². The fourth-order valence-electron chi connectivity index (χ4n) is 2.37. The normalized spacial score (nSPS) is 11.6. The SMILES string of the molecule is COC(=O)CCN(Cc1ccccc1)S(=O)(=O)c1ccc(OC(F)F)c(Cl)c1. The summed E-state index contributed by atoms with van der Waals surface area (Å²) in [4.78, 5) is 11.3. The van der Waals surface area contributed by atoms with Crippen LogP contribution in [-0.2, 0) is 26.1 Å². The number of ether oxygens (including phenoxy) is 2. The van der Waals surface area contributed by atoms with Crippen molar-refractivity contribution in [2.45, 2.75) is 24.5 Å². The second-order valence-corrected chi connectivity index (χ2v) is 7.97. The molecule has 0 N–H and O–H groups in total. The third-order valence-electron chi connectivity index (χ3n) is 3.75. The number of nitrogens with zero attached hydrogens (tertiary/aromatic N) is 1. The summed E-state index contributed by atoms with van der Waals surface area (Å²) in [5.41, 5.74) is 0.708. The zero-order valence-corrected chi connectivity index (χ0v) is 16.4. The molecule has 28 heavy (non-hydrogen) atoms. The minimum atomic E-state index is -4.07. The van der Waals surface area contributed by atoms with Crippen LogP contribution in [0.5, 0.6) is 5.75 Å². The molecule has 0 aliphatic carbocycles. The monoisotopic (exact) mass is 433 g/mol. The molecule has 0 saturated carbocycles. The lowest BCUT2D eigenvalue weighted by Crippen LogP contribution is -2.33. The van der Waals surface area contributed by atoms with Crippen LogP contribution in [0.4, 0.5) is 8.78 Å². The molecule has 0 saturated heterocycles. The largest absolute Gasteiger partial charge is 0.469 e. The van der Waals surface area contributed by atoms with Gasteiger partial charge >= 0.3 is 12.6 Å². The van der Waals surface area contributed by atoms with Crippen molar-refractivity contribution in [2.24, 2.45) is 0 Å². The summed E-state index contributed by atoms with van der Waals surface area (Å²) in [6.45, 7) is -3.21. The first-order chi connectivity index (χ1) is 13.2. The summed E-state index contributed by atoms with van der Waals surface area (Å²) in [6, 6.07) is 12.0. The van der Waals surface area contributed by atoms with E-state index in [0.29, 0.717) is 5.56 Å². The third kappa shape index (κ3) is 5.88. The van der Waals surface area contributed by atoms with Crippen molar-refractivity contribution in [1.82, 2.24) is 4.31 Å². The van der Waals surface area contributed by atoms with E-state index in [2.05, 4.69) is 9.47 Å². The molecule has 0 radical (unpaired) electrons. The zero-order valence-electron chi connectivity index (χ0n) is 14.8. The maximum Gasteiger partial charge on any atom is 0.387 e. The summed E-state index contributed by atoms with van der Waals surface area (Å²) in [7, 11) is -2.86. The smallest absolute Gasteiger partial charge is 0.387 e. The molecule has 0 spiro atoms. The number of rotatable bonds is 9. The van der Waals surface area contributed by atoms with Gasteiger partial charge in [0.2, 0.25) is 10.0 Å². The Morgan fingerprint density at radius 2 is 1.86 bits per heavy atom. The fraction of sp³-hybridized carbons (Fsp3) is 0.278. The lowest BCUT2D eigenvalue weighted by atomic mass is 10.2. The Labute approximate surface area is 166 Å². The first-order valence-corrected chi connectivity index (χ1v) is 9.91. The Morgan fingerprint density at radius 1 is 1.18 bits per heavy atom. The van der Waals surface area contributed by atoms with Crippen molar-refractivity contribution in [2.75, 3.05) is 13.7 Å². The van der Waals surface area contributed by atoms with Gasteiger partial charge in [-0.2, -0.15) is 13.1 Å². The number of halogens is 3. The van der Waals surface area contributed by atoms with Crippen LogP contribution < -0.4 is 4.74 Å². The molecule has 2 aromatic carbocycles. The number of esters is 1. The molecule has 2 rings (SSSR count). The number of methoxy groups -OCH3 is 1. The highest BCUT2D eigenvalue weighted by atomic mass is 35.5. The maximum atomic E-state index is 13.0. The molecule has 0 aliphatic rings. The number of benzene rings is 2. The van der Waals surface area contributed by atoms with Crippen LogP contribution in [0.3, 0.4) is 0 Å². The van der Waals surface area contributed by atoms with Crippen LogP contribution >= 0.6 is 11.6 Å². The summed E-state index contributed by atoms with van der Waals surface area (Å²) < 4.78 is 60.7. The van der Waals surface area contributed by atoms with E-state index in [4.69, 9.17) is 11.6 Å². The van der Waals surface area contributed by atoms with E-state index < -0.39 is 22.6 Å². The summed E-state index contributed by atoms with van der Waals surface area (Å²) in [5.74, 6) is -0.897. The van der Waals surface area contributed by atoms with Crippen LogP contribution in [-0.4, -0.2) is 39.0 Å². The summed E-state index contributed by atoms with van der Waals surface area (Å²) in [5, 5.41) is -0.269. The average Bonchev–Trinajstić information content (AvgIpc) is 2.66. The molecule has 0 bridgehead atoms. The molecule has 0 heterocycles. The second-order valence-electron chi connectivity index (χ2n) is 5.62. The standard InChI is InChI=1S/C18H18ClF2NO5S/c1-26-17(23)9-10-22(12-13-5-3-2-4-6-13)28(24,25)14-7-8-16(15(19)11-14)27-18(20)21/h2-8,11,18H,9-10,12H2,1H3. The predicted octanol–water partition coefficient (Wildman–Crippen LogP) is 3.70. The molecule has 0 fully saturated rings. The Bertz CT molecular complexity index is 909. The van der Waals surface area contributed by atoms with E-state index >= 15 is 0 Å². The Morgan fingerprint density at radius 3 is 2.43 bits per heavy atom. The van der Waals surface area contributed by atoms with Crippen LogP contribution in [0.1, 0.15) is 12.0 Å². The van der Waals surface area contributed by atoms with Crippen molar-refractivity contribution >= 4 is 27.6 Å². The van der Waals surface area contributed by atoms with Crippen molar-refractivity contribution < 1.29 is 31.5 Å². The molecule has 10 heteroatoms. The highest BCUT2D eigenvalue weighted by molar-refractivity contribution is 7.89. The van der Waals surface area contributed by atoms with Gasteiger partial charge in [0.25, 0.3) is 0 Å². The first-order valence-electron chi connectivity index (χ1n) is 8.09. The number of hydrogen-bond donors (Lipinski definition) is 0. The second kappa shape index (κ2) is 9.81. The lowest BCUT2D eigenvalue weighted by Gasteiger charge is -2.22. The van der Waals surface area contributed by atoms with Crippen molar-refractivity contribution in [3.63, 3.8) is 0 Å². The van der Waals surface area contributed by atoms with Gasteiger partial charge in [-0.15, -0.1) is 0 Å². The first kappa shape index (κ1) is 22.1. The van der Waals surface area contributed by atoms with Gasteiger partial charge in [-0.1, -0.05) is 41.9 Å². The van der Waals surface area contributed by atoms with Crippen LogP contribution in [0, 0.1) is 0 Å². The van der Waals surface area contributed by atoms with Crippen molar-refractivity contribution in [1.29, 1.82) is 0 Å². The van der Waals surface area contributed by atoms with E-state index in [1.165, 1.54) is 7.11 Å². The molecular weight excluding hydrogens is 416 g/mol. The number of sulfonamides is 1. The maximum absolute atomic E-state index is 13.0. The third-order valence-corrected chi connectivity index (χ3v) is 5.89. The molecular formula is C18H18ClF2NO5S. The van der Waals surface area contributed by atoms with Gasteiger partial charge in [0.15, 0.2) is 0 Å². The summed E-state index contributed by atoms with van der Waals surface area (Å²) in [6.07, 6.45) is -0.150. The molecule has 2 aromatic rings. The average molecular weight is 434 g/mol. The highest BCUT2D eigenvalue weighted by Gasteiger charge is 2.26. The number of hydrogen-bond acceptors (Lipinski definition) is 5. The van der Waals surface area contributed by atoms with Crippen molar-refractivity contribution in [3.8, 4) is 5.75 Å². The van der Waals surface area contributed by atoms with Crippen LogP contribution in [0.25, 0.3) is 0 Å². The molecule has 152 valence electrons. The van der Waals surface area contributed by atoms with Crippen molar-refractivity contribution in [3.05, 3.63) is 59.1 Å². The van der Waals surface area contributed by atoms with Gasteiger partial charge in [-0.25, -0.2) is 8.42 Å². The zero-order chi connectivity index (χ0) is 20.7. The molecule has 0 aliphatic heterocycles. The minimum Gasteiger partial charge on any atom is -0.469 e. The van der Waals surface area contributed by atoms with Gasteiger partial charge in [-0.3, -0.25) is 4.79 Å². The molecule has 0 atom stereocenters. The van der Waals surface area contributed by atoms with E-state index in [-0.39, 0.29) is 35.2 Å². The number of carbonyl (C=O) groups excluding carboxylic acids is 1. The minimum absolute atomic E-state index is 0.00702. The van der Waals surface area contributed by atoms with Gasteiger partial charge in [0, 0.05) is 13.1 Å². The number of alkyl halides is 2. The molecule has 6 nitrogen and oxygen atoms in total. The Kier molecular flexibility index (Phi) is 7.73. The van der Waals surface area contributed by atoms with Gasteiger partial charge in [-0.05, 0) is 23.8 Å². The lowest BCUT2D eigenvalue weighted by molar-refractivity contribution is -0.140. The topological polar surface area (TPSA) is 72.9 Å². The predicted molar refractivity (Wildman–Crippen MR) is 98.8 cm³/mol. The van der Waals surface area contributed by atoms with Crippen LogP contribution in [0.2, 0.25) is 5.02 Å². The molecule has 0 amide bonds. The molecule has 0 unspecified atom stereocenters.